The van der Waals surface area contributed by atoms with Gasteiger partial charge in [-0.1, -0.05) is 0 Å². The zero-order valence-corrected chi connectivity index (χ0v) is 14.1. The average molecular weight is 377 g/mol. The largest absolute Gasteiger partial charge is 0.484 e. The van der Waals surface area contributed by atoms with Gasteiger partial charge >= 0.3 is 6.18 Å². The molecule has 2 aromatic rings. The highest BCUT2D eigenvalue weighted by molar-refractivity contribution is 5.94. The van der Waals surface area contributed by atoms with Crippen molar-refractivity contribution in [2.24, 2.45) is 0 Å². The van der Waals surface area contributed by atoms with Gasteiger partial charge in [0.15, 0.2) is 6.61 Å². The summed E-state index contributed by atoms with van der Waals surface area (Å²) >= 11 is 0. The fourth-order valence-corrected chi connectivity index (χ4v) is 2.13. The Morgan fingerprint density at radius 2 is 1.78 bits per heavy atom. The SMILES string of the molecule is CC(=O)Nc1ccc(NC(=O)COc2ccc(C#N)cc2)c(C(F)(F)F)c1. The van der Waals surface area contributed by atoms with E-state index in [0.29, 0.717) is 11.3 Å². The number of carbonyl (C=O) groups excluding carboxylic acids is 2. The molecule has 0 saturated carbocycles. The smallest absolute Gasteiger partial charge is 0.418 e. The zero-order valence-electron chi connectivity index (χ0n) is 14.1. The fraction of sp³-hybridized carbons (Fsp3) is 0.167. The van der Waals surface area contributed by atoms with Crippen molar-refractivity contribution in [1.82, 2.24) is 0 Å². The van der Waals surface area contributed by atoms with E-state index in [2.05, 4.69) is 10.6 Å². The van der Waals surface area contributed by atoms with E-state index >= 15 is 0 Å². The molecule has 27 heavy (non-hydrogen) atoms. The molecule has 2 rings (SSSR count). The first-order valence-electron chi connectivity index (χ1n) is 7.60. The molecule has 0 heterocycles. The van der Waals surface area contributed by atoms with Crippen LogP contribution in [0.1, 0.15) is 18.1 Å². The summed E-state index contributed by atoms with van der Waals surface area (Å²) in [7, 11) is 0. The minimum absolute atomic E-state index is 0.0401. The first-order valence-corrected chi connectivity index (χ1v) is 7.60. The number of halogens is 3. The van der Waals surface area contributed by atoms with Crippen LogP contribution in [0.3, 0.4) is 0 Å². The van der Waals surface area contributed by atoms with Gasteiger partial charge in [-0.05, 0) is 42.5 Å². The summed E-state index contributed by atoms with van der Waals surface area (Å²) in [6, 6.07) is 10.8. The minimum atomic E-state index is -4.73. The van der Waals surface area contributed by atoms with Crippen LogP contribution in [0.25, 0.3) is 0 Å². The highest BCUT2D eigenvalue weighted by atomic mass is 19.4. The second-order valence-corrected chi connectivity index (χ2v) is 5.41. The van der Waals surface area contributed by atoms with Crippen LogP contribution >= 0.6 is 0 Å². The van der Waals surface area contributed by atoms with Crippen LogP contribution in [0.15, 0.2) is 42.5 Å². The Morgan fingerprint density at radius 3 is 2.33 bits per heavy atom. The molecule has 2 aromatic carbocycles. The number of amides is 2. The van der Waals surface area contributed by atoms with Gasteiger partial charge in [0.25, 0.3) is 5.91 Å². The van der Waals surface area contributed by atoms with E-state index in [1.54, 1.807) is 0 Å². The number of ether oxygens (including phenoxy) is 1. The molecular weight excluding hydrogens is 363 g/mol. The first kappa shape index (κ1) is 19.8. The first-order chi connectivity index (χ1) is 12.7. The molecule has 0 atom stereocenters. The van der Waals surface area contributed by atoms with Crippen LogP contribution < -0.4 is 15.4 Å². The Balaban J connectivity index is 2.09. The molecule has 0 aromatic heterocycles. The number of carbonyl (C=O) groups is 2. The monoisotopic (exact) mass is 377 g/mol. The van der Waals surface area contributed by atoms with Crippen LogP contribution in [-0.4, -0.2) is 18.4 Å². The Bertz CT molecular complexity index is 887. The van der Waals surface area contributed by atoms with E-state index in [-0.39, 0.29) is 5.69 Å². The second-order valence-electron chi connectivity index (χ2n) is 5.41. The maximum absolute atomic E-state index is 13.2. The minimum Gasteiger partial charge on any atom is -0.484 e. The van der Waals surface area contributed by atoms with Crippen molar-refractivity contribution >= 4 is 23.2 Å². The summed E-state index contributed by atoms with van der Waals surface area (Å²) < 4.78 is 44.8. The second kappa shape index (κ2) is 8.23. The summed E-state index contributed by atoms with van der Waals surface area (Å²) in [5.41, 5.74) is -1.19. The van der Waals surface area contributed by atoms with E-state index in [1.807, 2.05) is 6.07 Å². The number of anilines is 2. The van der Waals surface area contributed by atoms with Crippen molar-refractivity contribution in [1.29, 1.82) is 5.26 Å². The van der Waals surface area contributed by atoms with Crippen LogP contribution in [0, 0.1) is 11.3 Å². The molecule has 0 fully saturated rings. The third kappa shape index (κ3) is 5.74. The molecule has 0 saturated heterocycles. The van der Waals surface area contributed by atoms with E-state index in [0.717, 1.165) is 12.1 Å². The van der Waals surface area contributed by atoms with E-state index < -0.39 is 35.8 Å². The Hall–Kier alpha value is -3.54. The van der Waals surface area contributed by atoms with Crippen LogP contribution in [0.5, 0.6) is 5.75 Å². The van der Waals surface area contributed by atoms with E-state index in [4.69, 9.17) is 10.00 Å². The van der Waals surface area contributed by atoms with Crippen LogP contribution in [0.2, 0.25) is 0 Å². The van der Waals surface area contributed by atoms with Gasteiger partial charge in [-0.15, -0.1) is 0 Å². The molecule has 0 aliphatic rings. The number of alkyl halides is 3. The van der Waals surface area contributed by atoms with Crippen molar-refractivity contribution in [3.05, 3.63) is 53.6 Å². The maximum Gasteiger partial charge on any atom is 0.418 e. The van der Waals surface area contributed by atoms with Gasteiger partial charge in [0.2, 0.25) is 5.91 Å². The van der Waals surface area contributed by atoms with Crippen molar-refractivity contribution < 1.29 is 27.5 Å². The highest BCUT2D eigenvalue weighted by Crippen LogP contribution is 2.36. The quantitative estimate of drug-likeness (QED) is 0.834. The lowest BCUT2D eigenvalue weighted by atomic mass is 10.1. The number of hydrogen-bond donors (Lipinski definition) is 2. The normalized spacial score (nSPS) is 10.6. The molecule has 0 aliphatic carbocycles. The Labute approximate surface area is 152 Å². The molecular formula is C18H14F3N3O3. The van der Waals surface area contributed by atoms with E-state index in [1.165, 1.54) is 37.3 Å². The molecule has 0 aliphatic heterocycles. The van der Waals surface area contributed by atoms with Gasteiger partial charge < -0.3 is 15.4 Å². The average Bonchev–Trinajstić information content (AvgIpc) is 2.60. The van der Waals surface area contributed by atoms with Gasteiger partial charge in [-0.2, -0.15) is 18.4 Å². The number of nitriles is 1. The highest BCUT2D eigenvalue weighted by Gasteiger charge is 2.34. The summed E-state index contributed by atoms with van der Waals surface area (Å²) in [4.78, 5) is 22.9. The summed E-state index contributed by atoms with van der Waals surface area (Å²) in [6.07, 6.45) is -4.73. The van der Waals surface area contributed by atoms with E-state index in [9.17, 15) is 22.8 Å². The molecule has 9 heteroatoms. The molecule has 0 unspecified atom stereocenters. The summed E-state index contributed by atoms with van der Waals surface area (Å²) in [5, 5.41) is 13.1. The molecule has 2 N–H and O–H groups in total. The number of nitrogens with zero attached hydrogens (tertiary/aromatic N) is 1. The summed E-state index contributed by atoms with van der Waals surface area (Å²) in [6.45, 7) is 0.653. The third-order valence-corrected chi connectivity index (χ3v) is 3.27. The topological polar surface area (TPSA) is 91.2 Å². The molecule has 0 bridgehead atoms. The van der Waals surface area contributed by atoms with Gasteiger partial charge in [-0.3, -0.25) is 9.59 Å². The lowest BCUT2D eigenvalue weighted by Gasteiger charge is -2.15. The zero-order chi connectivity index (χ0) is 20.0. The standard InChI is InChI=1S/C18H14F3N3O3/c1-11(25)23-13-4-7-16(15(8-13)18(19,20)21)24-17(26)10-27-14-5-2-12(9-22)3-6-14/h2-8H,10H2,1H3,(H,23,25)(H,24,26). The molecule has 2 amide bonds. The van der Waals surface area contributed by atoms with Gasteiger partial charge in [0, 0.05) is 12.6 Å². The maximum atomic E-state index is 13.2. The number of rotatable bonds is 5. The van der Waals surface area contributed by atoms with Crippen molar-refractivity contribution in [3.63, 3.8) is 0 Å². The molecule has 0 spiro atoms. The van der Waals surface area contributed by atoms with Crippen LogP contribution in [0.4, 0.5) is 24.5 Å². The van der Waals surface area contributed by atoms with Gasteiger partial charge in [0.05, 0.1) is 22.9 Å². The van der Waals surface area contributed by atoms with Gasteiger partial charge in [-0.25, -0.2) is 0 Å². The van der Waals surface area contributed by atoms with Crippen molar-refractivity contribution in [2.75, 3.05) is 17.2 Å². The van der Waals surface area contributed by atoms with Crippen molar-refractivity contribution in [3.8, 4) is 11.8 Å². The van der Waals surface area contributed by atoms with Crippen LogP contribution in [-0.2, 0) is 15.8 Å². The summed E-state index contributed by atoms with van der Waals surface area (Å²) in [5.74, 6) is -1.02. The Kier molecular flexibility index (Phi) is 6.03. The molecule has 6 nitrogen and oxygen atoms in total. The lowest BCUT2D eigenvalue weighted by Crippen LogP contribution is -2.22. The number of hydrogen-bond acceptors (Lipinski definition) is 4. The fourth-order valence-electron chi connectivity index (χ4n) is 2.13. The predicted molar refractivity (Wildman–Crippen MR) is 91.0 cm³/mol. The number of nitrogens with one attached hydrogen (secondary N) is 2. The molecule has 140 valence electrons. The van der Waals surface area contributed by atoms with Gasteiger partial charge in [0.1, 0.15) is 5.75 Å². The lowest BCUT2D eigenvalue weighted by molar-refractivity contribution is -0.137. The Morgan fingerprint density at radius 1 is 1.11 bits per heavy atom. The number of benzene rings is 2. The molecule has 0 radical (unpaired) electrons. The predicted octanol–water partition coefficient (Wildman–Crippen LogP) is 3.55. The van der Waals surface area contributed by atoms with Crippen molar-refractivity contribution in [2.45, 2.75) is 13.1 Å². The third-order valence-electron chi connectivity index (χ3n) is 3.27.